The molecule has 0 radical (unpaired) electrons. The molecule has 3 heterocycles. The third kappa shape index (κ3) is 32.4. The number of ketones is 1. The summed E-state index contributed by atoms with van der Waals surface area (Å²) in [6, 6.07) is 9.85. The minimum absolute atomic E-state index is 0.138. The number of amides is 2. The van der Waals surface area contributed by atoms with Crippen LogP contribution in [-0.4, -0.2) is 55.6 Å². The number of aryl methyl sites for hydroxylation is 2. The molecule has 2 fully saturated rings. The highest BCUT2D eigenvalue weighted by molar-refractivity contribution is 6.03. The van der Waals surface area contributed by atoms with Crippen LogP contribution in [0.2, 0.25) is 0 Å². The number of piperidine rings is 1. The van der Waals surface area contributed by atoms with E-state index in [1.807, 2.05) is 19.9 Å². The Balaban J connectivity index is 0.00000122. The Hall–Kier alpha value is -5.12. The van der Waals surface area contributed by atoms with E-state index in [9.17, 15) is 23.2 Å². The molecule has 1 saturated carbocycles. The van der Waals surface area contributed by atoms with E-state index in [2.05, 4.69) is 161 Å². The number of ether oxygens (including phenoxy) is 1. The minimum Gasteiger partial charge on any atom is -0.500 e. The highest BCUT2D eigenvalue weighted by atomic mass is 19.1. The lowest BCUT2D eigenvalue weighted by Gasteiger charge is -2.29. The van der Waals surface area contributed by atoms with E-state index in [-0.39, 0.29) is 17.6 Å². The SMILES string of the molecule is C1CCCC1.C=C(/C=C(\C=C(\C)[C@H](C)CC)C(=O)CCC/C=C1/Nc2ccc(C)cc2N1C)C1=C(OC)CC[N+](C)=C1C.CC.CCCC.CCCCCC(C)C(C)C(CCC)CCC(C)C.Cc1cc(F)cc(F)c1.O=C1CCCC(=O)N1. The van der Waals surface area contributed by atoms with Gasteiger partial charge in [0.05, 0.1) is 30.5 Å². The lowest BCUT2D eigenvalue weighted by molar-refractivity contribution is -0.498. The van der Waals surface area contributed by atoms with Crippen LogP contribution in [0, 0.1) is 55.1 Å². The van der Waals surface area contributed by atoms with Gasteiger partial charge in [-0.25, -0.2) is 13.4 Å². The van der Waals surface area contributed by atoms with Crippen LogP contribution in [0.15, 0.2) is 95.1 Å². The van der Waals surface area contributed by atoms with Gasteiger partial charge in [0.25, 0.3) is 0 Å². The monoisotopic (exact) mass is 1170 g/mol. The van der Waals surface area contributed by atoms with E-state index in [0.29, 0.717) is 37.2 Å². The van der Waals surface area contributed by atoms with Gasteiger partial charge in [0.1, 0.15) is 36.8 Å². The second-order valence-electron chi connectivity index (χ2n) is 24.1. The van der Waals surface area contributed by atoms with Gasteiger partial charge in [-0.1, -0.05) is 197 Å². The van der Waals surface area contributed by atoms with Crippen molar-refractivity contribution in [1.82, 2.24) is 5.32 Å². The van der Waals surface area contributed by atoms with Gasteiger partial charge in [0, 0.05) is 44.9 Å². The molecule has 8 nitrogen and oxygen atoms in total. The summed E-state index contributed by atoms with van der Waals surface area (Å²) in [5.41, 5.74) is 9.06. The second-order valence-corrected chi connectivity index (χ2v) is 24.1. The van der Waals surface area contributed by atoms with E-state index in [0.717, 1.165) is 102 Å². The van der Waals surface area contributed by atoms with Crippen molar-refractivity contribution in [2.75, 3.05) is 38.0 Å². The van der Waals surface area contributed by atoms with Gasteiger partial charge in [-0.2, -0.15) is 0 Å². The van der Waals surface area contributed by atoms with Crippen molar-refractivity contribution in [3.05, 3.63) is 118 Å². The van der Waals surface area contributed by atoms with Crippen LogP contribution in [0.5, 0.6) is 0 Å². The summed E-state index contributed by atoms with van der Waals surface area (Å²) in [7, 11) is 5.88. The number of halogens is 2. The fourth-order valence-electron chi connectivity index (χ4n) is 10.3. The van der Waals surface area contributed by atoms with Crippen molar-refractivity contribution in [1.29, 1.82) is 0 Å². The van der Waals surface area contributed by atoms with Gasteiger partial charge in [-0.15, -0.1) is 0 Å². The average molecular weight is 1170 g/mol. The maximum atomic E-state index is 13.5. The van der Waals surface area contributed by atoms with E-state index >= 15 is 0 Å². The number of hydrogen-bond donors (Lipinski definition) is 2. The predicted molar refractivity (Wildman–Crippen MR) is 359 cm³/mol. The number of fused-ring (bicyclic) bond motifs is 1. The molecule has 1 aliphatic carbocycles. The number of nitrogens with one attached hydrogen (secondary N) is 2. The molecule has 3 unspecified atom stereocenters. The minimum atomic E-state index is -0.521. The molecule has 84 heavy (non-hydrogen) atoms. The number of carbonyl (C=O) groups is 3. The Labute approximate surface area is 514 Å². The molecule has 4 aliphatic rings. The topological polar surface area (TPSA) is 90.8 Å². The summed E-state index contributed by atoms with van der Waals surface area (Å²) in [6.45, 7) is 40.4. The Kier molecular flexibility index (Phi) is 43.3. The van der Waals surface area contributed by atoms with Gasteiger partial charge in [0.15, 0.2) is 11.5 Å². The third-order valence-electron chi connectivity index (χ3n) is 16.5. The molecule has 0 aromatic heterocycles. The first-order valence-electron chi connectivity index (χ1n) is 33.0. The van der Waals surface area contributed by atoms with E-state index in [1.54, 1.807) is 14.0 Å². The number of rotatable bonds is 23. The summed E-state index contributed by atoms with van der Waals surface area (Å²) in [5.74, 6) is 4.93. The van der Waals surface area contributed by atoms with Crippen molar-refractivity contribution in [3.63, 3.8) is 0 Å². The molecule has 10 heteroatoms. The molecular formula is C74H123F2N4O4+. The van der Waals surface area contributed by atoms with Gasteiger partial charge < -0.3 is 15.0 Å². The van der Waals surface area contributed by atoms with Crippen LogP contribution in [0.1, 0.15) is 256 Å². The van der Waals surface area contributed by atoms with Crippen molar-refractivity contribution < 1.29 is 32.5 Å². The number of Topliss-reactive ketones (excluding diaryl/α,β-unsaturated/α-hetero) is 1. The van der Waals surface area contributed by atoms with Crippen LogP contribution in [-0.2, 0) is 19.1 Å². The van der Waals surface area contributed by atoms with Crippen LogP contribution in [0.3, 0.4) is 0 Å². The first-order chi connectivity index (χ1) is 40.0. The normalized spacial score (nSPS) is 16.6. The molecule has 2 aromatic rings. The zero-order valence-electron chi connectivity index (χ0n) is 57.0. The molecule has 2 N–H and O–H groups in total. The number of allylic oxidation sites excluding steroid dienone is 7. The number of nitrogens with zero attached hydrogens (tertiary/aromatic N) is 2. The number of methoxy groups -OCH3 is 1. The molecule has 2 amide bonds. The highest BCUT2D eigenvalue weighted by Crippen LogP contribution is 2.36. The van der Waals surface area contributed by atoms with Gasteiger partial charge >= 0.3 is 0 Å². The second kappa shape index (κ2) is 46.1. The van der Waals surface area contributed by atoms with E-state index < -0.39 is 11.6 Å². The Morgan fingerprint density at radius 2 is 1.33 bits per heavy atom. The lowest BCUT2D eigenvalue weighted by atomic mass is 9.76. The molecule has 2 aromatic carbocycles. The molecule has 476 valence electrons. The zero-order chi connectivity index (χ0) is 63.7. The van der Waals surface area contributed by atoms with Crippen molar-refractivity contribution in [3.8, 4) is 0 Å². The summed E-state index contributed by atoms with van der Waals surface area (Å²) in [5, 5.41) is 5.69. The number of hydrogen-bond acceptors (Lipinski definition) is 6. The standard InChI is InChI=1S/C33H46N3O2.C18H38.C7H6F2.C5H7NO2.C5H10.C4H10.C2H6/c1-10-23(3)24(4)20-27(21-25(5)33-26(6)35(7)18-17-31(33)38-9)30(37)13-11-12-14-32-34-28-16-15-22(2)19-29(28)36(32)8;1-7-9-10-12-16(5)17(6)18(11-8-2)14-13-15(3)4;1-5-2-6(8)4-7(9)3-5;7-4-2-1-3-5(8)6-4;1-2-4-5-3-1;1-3-4-2;1-2/h14-16,19-21,23,34H,5,10-13,17-18H2,1-4,6-9H3;15-18H,7-14H2,1-6H3;2-4H,1H3;1-3H2,(H,6,7,8);1-5H2;3-4H2,1-2H3;1-2H3/q+1;;;;;;/b24-20-,27-21+,32-14-;;;;;;/t23-;;;;;;/m1....../s1. The fourth-order valence-corrected chi connectivity index (χ4v) is 10.3. The largest absolute Gasteiger partial charge is 0.500 e. The lowest BCUT2D eigenvalue weighted by Crippen LogP contribution is -2.33. The first-order valence-corrected chi connectivity index (χ1v) is 33.0. The van der Waals surface area contributed by atoms with Crippen LogP contribution >= 0.6 is 0 Å². The number of anilines is 2. The number of imide groups is 1. The quantitative estimate of drug-likeness (QED) is 0.0379. The third-order valence-corrected chi connectivity index (χ3v) is 16.5. The van der Waals surface area contributed by atoms with Crippen molar-refractivity contribution in [2.24, 2.45) is 29.6 Å². The summed E-state index contributed by atoms with van der Waals surface area (Å²) < 4.78 is 32.3. The molecule has 0 bridgehead atoms. The molecule has 0 spiro atoms. The average Bonchev–Trinajstić information content (AvgIpc) is 4.22. The Bertz CT molecular complexity index is 2320. The van der Waals surface area contributed by atoms with Crippen LogP contribution in [0.4, 0.5) is 20.2 Å². The van der Waals surface area contributed by atoms with Crippen LogP contribution in [0.25, 0.3) is 0 Å². The van der Waals surface area contributed by atoms with E-state index in [1.165, 1.54) is 125 Å². The summed E-state index contributed by atoms with van der Waals surface area (Å²) in [4.78, 5) is 36.4. The van der Waals surface area contributed by atoms with Gasteiger partial charge in [0.2, 0.25) is 11.8 Å². The zero-order valence-corrected chi connectivity index (χ0v) is 57.0. The number of unbranched alkanes of at least 4 members (excludes halogenated alkanes) is 4. The van der Waals surface area contributed by atoms with Gasteiger partial charge in [-0.05, 0) is 136 Å². The van der Waals surface area contributed by atoms with E-state index in [4.69, 9.17) is 4.74 Å². The molecule has 6 rings (SSSR count). The maximum absolute atomic E-state index is 13.5. The summed E-state index contributed by atoms with van der Waals surface area (Å²) >= 11 is 0. The van der Waals surface area contributed by atoms with Gasteiger partial charge in [-0.3, -0.25) is 19.7 Å². The Morgan fingerprint density at radius 3 is 1.82 bits per heavy atom. The number of carbonyl (C=O) groups excluding carboxylic acids is 3. The smallest absolute Gasteiger partial charge is 0.226 e. The Morgan fingerprint density at radius 1 is 0.738 bits per heavy atom. The van der Waals surface area contributed by atoms with Crippen LogP contribution < -0.4 is 15.5 Å². The summed E-state index contributed by atoms with van der Waals surface area (Å²) in [6.07, 6.45) is 33.4. The maximum Gasteiger partial charge on any atom is 0.226 e. The number of benzene rings is 2. The molecule has 4 atom stereocenters. The highest BCUT2D eigenvalue weighted by Gasteiger charge is 2.26. The fraction of sp³-hybridized carbons (Fsp3) is 0.649. The molecular weight excluding hydrogens is 1050 g/mol. The van der Waals surface area contributed by atoms with Crippen molar-refractivity contribution in [2.45, 2.75) is 258 Å². The molecule has 1 saturated heterocycles. The van der Waals surface area contributed by atoms with Crippen molar-refractivity contribution >= 4 is 34.7 Å². The predicted octanol–water partition coefficient (Wildman–Crippen LogP) is 20.9. The first kappa shape index (κ1) is 78.9. The molecule has 3 aliphatic heterocycles.